The number of nitrogens with one attached hydrogen (secondary N) is 1. The van der Waals surface area contributed by atoms with Gasteiger partial charge >= 0.3 is 0 Å². The topological polar surface area (TPSA) is 24.9 Å². The van der Waals surface area contributed by atoms with Gasteiger partial charge in [0.15, 0.2) is 0 Å². The molecule has 19 heavy (non-hydrogen) atoms. The van der Waals surface area contributed by atoms with Crippen LogP contribution in [0.15, 0.2) is 36.5 Å². The average molecular weight is 256 g/mol. The zero-order chi connectivity index (χ0) is 13.5. The van der Waals surface area contributed by atoms with Gasteiger partial charge in [-0.3, -0.25) is 4.98 Å². The molecule has 0 saturated carbocycles. The van der Waals surface area contributed by atoms with Crippen molar-refractivity contribution < 1.29 is 0 Å². The number of pyridine rings is 1. The summed E-state index contributed by atoms with van der Waals surface area (Å²) in [6, 6.07) is 11.2. The van der Waals surface area contributed by atoms with Crippen LogP contribution in [0.25, 0.3) is 10.9 Å². The predicted molar refractivity (Wildman–Crippen MR) is 82.3 cm³/mol. The lowest BCUT2D eigenvalue weighted by Gasteiger charge is -2.17. The minimum Gasteiger partial charge on any atom is -0.313 e. The van der Waals surface area contributed by atoms with E-state index in [0.717, 1.165) is 5.52 Å². The summed E-state index contributed by atoms with van der Waals surface area (Å²) in [5, 5.41) is 4.65. The molecule has 0 aliphatic rings. The standard InChI is InChI=1S/C17H24N2/c1-3-4-5-6-9-16(18-2)15-11-10-14-8-7-12-19-17(14)13-15/h7-8,10-13,16,18H,3-6,9H2,1-2H3. The Morgan fingerprint density at radius 3 is 2.84 bits per heavy atom. The monoisotopic (exact) mass is 256 g/mol. The highest BCUT2D eigenvalue weighted by Crippen LogP contribution is 2.23. The molecule has 2 rings (SSSR count). The normalized spacial score (nSPS) is 12.7. The van der Waals surface area contributed by atoms with Crippen LogP contribution in [0, 0.1) is 0 Å². The van der Waals surface area contributed by atoms with Crippen molar-refractivity contribution in [1.82, 2.24) is 10.3 Å². The third kappa shape index (κ3) is 3.77. The van der Waals surface area contributed by atoms with Crippen molar-refractivity contribution >= 4 is 10.9 Å². The van der Waals surface area contributed by atoms with Crippen molar-refractivity contribution in [2.24, 2.45) is 0 Å². The van der Waals surface area contributed by atoms with Gasteiger partial charge in [0.25, 0.3) is 0 Å². The molecule has 1 heterocycles. The molecule has 1 N–H and O–H groups in total. The summed E-state index contributed by atoms with van der Waals surface area (Å²) < 4.78 is 0. The van der Waals surface area contributed by atoms with Gasteiger partial charge in [0, 0.05) is 17.6 Å². The van der Waals surface area contributed by atoms with Crippen molar-refractivity contribution in [3.8, 4) is 0 Å². The lowest BCUT2D eigenvalue weighted by molar-refractivity contribution is 0.505. The number of rotatable bonds is 7. The summed E-state index contributed by atoms with van der Waals surface area (Å²) in [5.41, 5.74) is 2.44. The van der Waals surface area contributed by atoms with E-state index < -0.39 is 0 Å². The summed E-state index contributed by atoms with van der Waals surface area (Å²) in [4.78, 5) is 4.44. The van der Waals surface area contributed by atoms with Gasteiger partial charge in [-0.25, -0.2) is 0 Å². The first kappa shape index (κ1) is 14.0. The number of fused-ring (bicyclic) bond motifs is 1. The largest absolute Gasteiger partial charge is 0.313 e. The smallest absolute Gasteiger partial charge is 0.0705 e. The summed E-state index contributed by atoms with van der Waals surface area (Å²) in [6.45, 7) is 2.25. The highest BCUT2D eigenvalue weighted by molar-refractivity contribution is 5.78. The zero-order valence-electron chi connectivity index (χ0n) is 12.0. The Bertz CT molecular complexity index is 507. The summed E-state index contributed by atoms with van der Waals surface area (Å²) in [5.74, 6) is 0. The van der Waals surface area contributed by atoms with E-state index in [1.54, 1.807) is 0 Å². The fourth-order valence-corrected chi connectivity index (χ4v) is 2.55. The molecule has 0 bridgehead atoms. The second-order valence-electron chi connectivity index (χ2n) is 5.15. The molecule has 0 amide bonds. The van der Waals surface area contributed by atoms with Crippen LogP contribution in [0.5, 0.6) is 0 Å². The van der Waals surface area contributed by atoms with Crippen LogP contribution < -0.4 is 5.32 Å². The zero-order valence-corrected chi connectivity index (χ0v) is 12.0. The predicted octanol–water partition coefficient (Wildman–Crippen LogP) is 4.47. The van der Waals surface area contributed by atoms with Crippen molar-refractivity contribution in [2.45, 2.75) is 45.1 Å². The van der Waals surface area contributed by atoms with E-state index in [9.17, 15) is 0 Å². The molecule has 0 spiro atoms. The molecule has 2 aromatic rings. The average Bonchev–Trinajstić information content (AvgIpc) is 2.47. The van der Waals surface area contributed by atoms with Crippen LogP contribution in [0.2, 0.25) is 0 Å². The van der Waals surface area contributed by atoms with Crippen LogP contribution in [0.3, 0.4) is 0 Å². The Balaban J connectivity index is 2.07. The number of nitrogens with zero attached hydrogens (tertiary/aromatic N) is 1. The quantitative estimate of drug-likeness (QED) is 0.739. The van der Waals surface area contributed by atoms with Crippen LogP contribution in [0.4, 0.5) is 0 Å². The van der Waals surface area contributed by atoms with Gasteiger partial charge in [0.2, 0.25) is 0 Å². The van der Waals surface area contributed by atoms with Crippen molar-refractivity contribution in [2.75, 3.05) is 7.05 Å². The first-order valence-corrected chi connectivity index (χ1v) is 7.37. The van der Waals surface area contributed by atoms with Gasteiger partial charge in [0.05, 0.1) is 5.52 Å². The van der Waals surface area contributed by atoms with Crippen molar-refractivity contribution in [3.05, 3.63) is 42.1 Å². The maximum absolute atomic E-state index is 4.44. The van der Waals surface area contributed by atoms with E-state index in [0.29, 0.717) is 6.04 Å². The number of unbranched alkanes of at least 4 members (excludes halogenated alkanes) is 3. The summed E-state index contributed by atoms with van der Waals surface area (Å²) in [7, 11) is 2.05. The van der Waals surface area contributed by atoms with Gasteiger partial charge in [-0.15, -0.1) is 0 Å². The molecule has 1 atom stereocenters. The molecule has 0 radical (unpaired) electrons. The molecule has 0 saturated heterocycles. The third-order valence-electron chi connectivity index (χ3n) is 3.73. The Kier molecular flexibility index (Phi) is 5.34. The summed E-state index contributed by atoms with van der Waals surface area (Å²) >= 11 is 0. The maximum atomic E-state index is 4.44. The Labute approximate surface area is 116 Å². The molecular formula is C17H24N2. The fourth-order valence-electron chi connectivity index (χ4n) is 2.55. The molecule has 102 valence electrons. The minimum absolute atomic E-state index is 0.447. The van der Waals surface area contributed by atoms with E-state index in [1.807, 2.05) is 19.3 Å². The number of hydrogen-bond acceptors (Lipinski definition) is 2. The van der Waals surface area contributed by atoms with Crippen molar-refractivity contribution in [3.63, 3.8) is 0 Å². The van der Waals surface area contributed by atoms with Crippen LogP contribution in [-0.4, -0.2) is 12.0 Å². The van der Waals surface area contributed by atoms with E-state index in [1.165, 1.54) is 43.1 Å². The third-order valence-corrected chi connectivity index (χ3v) is 3.73. The minimum atomic E-state index is 0.447. The molecule has 0 fully saturated rings. The van der Waals surface area contributed by atoms with Crippen molar-refractivity contribution in [1.29, 1.82) is 0 Å². The van der Waals surface area contributed by atoms with E-state index in [-0.39, 0.29) is 0 Å². The SMILES string of the molecule is CCCCCCC(NC)c1ccc2cccnc2c1. The van der Waals surface area contributed by atoms with Gasteiger partial charge in [-0.1, -0.05) is 50.8 Å². The molecule has 0 aliphatic heterocycles. The highest BCUT2D eigenvalue weighted by atomic mass is 14.9. The Morgan fingerprint density at radius 2 is 2.05 bits per heavy atom. The first-order chi connectivity index (χ1) is 9.35. The van der Waals surface area contributed by atoms with Gasteiger partial charge in [-0.05, 0) is 31.2 Å². The molecule has 1 aromatic heterocycles. The van der Waals surface area contributed by atoms with E-state index >= 15 is 0 Å². The molecule has 1 aromatic carbocycles. The molecular weight excluding hydrogens is 232 g/mol. The lowest BCUT2D eigenvalue weighted by Crippen LogP contribution is -2.16. The van der Waals surface area contributed by atoms with Gasteiger partial charge < -0.3 is 5.32 Å². The molecule has 1 unspecified atom stereocenters. The fraction of sp³-hybridized carbons (Fsp3) is 0.471. The number of aromatic nitrogens is 1. The molecule has 2 heteroatoms. The summed E-state index contributed by atoms with van der Waals surface area (Å²) in [6.07, 6.45) is 8.33. The Hall–Kier alpha value is -1.41. The Morgan fingerprint density at radius 1 is 1.16 bits per heavy atom. The van der Waals surface area contributed by atoms with E-state index in [4.69, 9.17) is 0 Å². The second kappa shape index (κ2) is 7.25. The van der Waals surface area contributed by atoms with Crippen LogP contribution in [0.1, 0.15) is 50.6 Å². The van der Waals surface area contributed by atoms with Gasteiger partial charge in [-0.2, -0.15) is 0 Å². The highest BCUT2D eigenvalue weighted by Gasteiger charge is 2.09. The number of benzene rings is 1. The molecule has 2 nitrogen and oxygen atoms in total. The molecule has 0 aliphatic carbocycles. The van der Waals surface area contributed by atoms with Crippen LogP contribution in [-0.2, 0) is 0 Å². The maximum Gasteiger partial charge on any atom is 0.0705 e. The lowest BCUT2D eigenvalue weighted by atomic mass is 9.99. The van der Waals surface area contributed by atoms with Gasteiger partial charge in [0.1, 0.15) is 0 Å². The van der Waals surface area contributed by atoms with Crippen LogP contribution >= 0.6 is 0 Å². The second-order valence-corrected chi connectivity index (χ2v) is 5.15. The number of hydrogen-bond donors (Lipinski definition) is 1. The van der Waals surface area contributed by atoms with E-state index in [2.05, 4.69) is 41.5 Å². The first-order valence-electron chi connectivity index (χ1n) is 7.37.